The third kappa shape index (κ3) is 3.87. The van der Waals surface area contributed by atoms with Crippen LogP contribution in [0.5, 0.6) is 5.75 Å². The third-order valence-electron chi connectivity index (χ3n) is 4.97. The highest BCUT2D eigenvalue weighted by Gasteiger charge is 2.19. The van der Waals surface area contributed by atoms with E-state index in [2.05, 4.69) is 4.98 Å². The molecular formula is C22H21FN4O4. The van der Waals surface area contributed by atoms with Crippen molar-refractivity contribution < 1.29 is 13.9 Å². The van der Waals surface area contributed by atoms with Crippen molar-refractivity contribution in [1.82, 2.24) is 18.7 Å². The van der Waals surface area contributed by atoms with Gasteiger partial charge in [-0.15, -0.1) is 0 Å². The summed E-state index contributed by atoms with van der Waals surface area (Å²) in [5.74, 6) is 0.194. The van der Waals surface area contributed by atoms with Gasteiger partial charge in [0.15, 0.2) is 11.2 Å². The molecule has 0 N–H and O–H groups in total. The summed E-state index contributed by atoms with van der Waals surface area (Å²) >= 11 is 0. The molecule has 31 heavy (non-hydrogen) atoms. The molecule has 0 unspecified atom stereocenters. The number of halogens is 1. The van der Waals surface area contributed by atoms with E-state index in [-0.39, 0.29) is 36.7 Å². The van der Waals surface area contributed by atoms with Crippen molar-refractivity contribution in [2.24, 2.45) is 0 Å². The molecule has 2 aromatic carbocycles. The van der Waals surface area contributed by atoms with Crippen molar-refractivity contribution in [3.05, 3.63) is 87.1 Å². The molecule has 0 aliphatic rings. The van der Waals surface area contributed by atoms with E-state index in [1.54, 1.807) is 41.0 Å². The van der Waals surface area contributed by atoms with Gasteiger partial charge in [-0.2, -0.15) is 0 Å². The van der Waals surface area contributed by atoms with Crippen LogP contribution in [-0.4, -0.2) is 39.5 Å². The normalized spacial score (nSPS) is 11.2. The topological polar surface area (TPSA) is 80.3 Å². The molecule has 4 aromatic rings. The third-order valence-corrected chi connectivity index (χ3v) is 4.97. The number of fused-ring (bicyclic) bond motifs is 1. The fourth-order valence-corrected chi connectivity index (χ4v) is 3.49. The number of rotatable bonds is 7. The molecule has 0 fully saturated rings. The monoisotopic (exact) mass is 424 g/mol. The maximum absolute atomic E-state index is 13.6. The molecule has 2 aromatic heterocycles. The van der Waals surface area contributed by atoms with Gasteiger partial charge in [-0.05, 0) is 29.8 Å². The van der Waals surface area contributed by atoms with E-state index in [9.17, 15) is 14.0 Å². The summed E-state index contributed by atoms with van der Waals surface area (Å²) in [5, 5.41) is 0. The van der Waals surface area contributed by atoms with Crippen LogP contribution in [-0.2, 0) is 17.8 Å². The molecule has 0 saturated carbocycles. The highest BCUT2D eigenvalue weighted by molar-refractivity contribution is 5.72. The fourth-order valence-electron chi connectivity index (χ4n) is 3.49. The molecule has 0 aliphatic carbocycles. The second-order valence-electron chi connectivity index (χ2n) is 6.94. The maximum atomic E-state index is 13.6. The van der Waals surface area contributed by atoms with Gasteiger partial charge in [0.1, 0.15) is 11.6 Å². The molecular weight excluding hydrogens is 403 g/mol. The number of methoxy groups -OCH3 is 2. The molecule has 0 aliphatic heterocycles. The number of hydrogen-bond donors (Lipinski definition) is 0. The van der Waals surface area contributed by atoms with E-state index < -0.39 is 11.2 Å². The van der Waals surface area contributed by atoms with Gasteiger partial charge >= 0.3 is 5.69 Å². The zero-order valence-electron chi connectivity index (χ0n) is 17.1. The number of benzene rings is 2. The van der Waals surface area contributed by atoms with Gasteiger partial charge in [0.25, 0.3) is 5.56 Å². The first-order valence-corrected chi connectivity index (χ1v) is 9.62. The van der Waals surface area contributed by atoms with Crippen LogP contribution in [0.2, 0.25) is 0 Å². The summed E-state index contributed by atoms with van der Waals surface area (Å²) in [6, 6.07) is 13.1. The van der Waals surface area contributed by atoms with Gasteiger partial charge in [0.05, 0.1) is 32.3 Å². The average molecular weight is 424 g/mol. The summed E-state index contributed by atoms with van der Waals surface area (Å²) < 4.78 is 28.1. The van der Waals surface area contributed by atoms with E-state index in [4.69, 9.17) is 9.47 Å². The summed E-state index contributed by atoms with van der Waals surface area (Å²) in [5.41, 5.74) is 0.623. The highest BCUT2D eigenvalue weighted by Crippen LogP contribution is 2.19. The Morgan fingerprint density at radius 3 is 2.61 bits per heavy atom. The largest absolute Gasteiger partial charge is 0.497 e. The molecule has 9 heteroatoms. The Labute approximate surface area is 176 Å². The minimum absolute atomic E-state index is 0.0826. The predicted octanol–water partition coefficient (Wildman–Crippen LogP) is 2.19. The van der Waals surface area contributed by atoms with Crippen LogP contribution in [0.15, 0.2) is 64.4 Å². The first-order valence-electron chi connectivity index (χ1n) is 9.62. The lowest BCUT2D eigenvalue weighted by molar-refractivity contribution is 0.184. The SMILES string of the molecule is COCCn1c(=O)c2c(ncn2Cc2cccc(F)c2)n(-c2cccc(OC)c2)c1=O. The molecule has 160 valence electrons. The van der Waals surface area contributed by atoms with Crippen molar-refractivity contribution >= 4 is 11.2 Å². The first-order chi connectivity index (χ1) is 15.0. The lowest BCUT2D eigenvalue weighted by Crippen LogP contribution is -2.41. The molecule has 0 radical (unpaired) electrons. The van der Waals surface area contributed by atoms with E-state index >= 15 is 0 Å². The Bertz CT molecular complexity index is 1360. The molecule has 0 amide bonds. The molecule has 0 bridgehead atoms. The second-order valence-corrected chi connectivity index (χ2v) is 6.94. The van der Waals surface area contributed by atoms with Gasteiger partial charge in [-0.1, -0.05) is 18.2 Å². The molecule has 4 rings (SSSR count). The zero-order chi connectivity index (χ0) is 22.0. The summed E-state index contributed by atoms with van der Waals surface area (Å²) in [6.07, 6.45) is 1.48. The van der Waals surface area contributed by atoms with Crippen LogP contribution in [0.3, 0.4) is 0 Å². The van der Waals surface area contributed by atoms with Crippen molar-refractivity contribution in [2.75, 3.05) is 20.8 Å². The van der Waals surface area contributed by atoms with Gasteiger partial charge in [-0.25, -0.2) is 18.7 Å². The second kappa shape index (κ2) is 8.57. The zero-order valence-corrected chi connectivity index (χ0v) is 17.1. The Morgan fingerprint density at radius 1 is 1.06 bits per heavy atom. The van der Waals surface area contributed by atoms with Crippen molar-refractivity contribution in [3.63, 3.8) is 0 Å². The van der Waals surface area contributed by atoms with Gasteiger partial charge in [0.2, 0.25) is 0 Å². The number of nitrogens with zero attached hydrogens (tertiary/aromatic N) is 4. The Morgan fingerprint density at radius 2 is 1.87 bits per heavy atom. The standard InChI is InChI=1S/C22H21FN4O4/c1-30-10-9-26-21(28)19-20(24-14-25(19)13-15-5-3-6-16(23)11-15)27(22(26)29)17-7-4-8-18(12-17)31-2/h3-8,11-12,14H,9-10,13H2,1-2H3. The quantitative estimate of drug-likeness (QED) is 0.454. The molecule has 0 saturated heterocycles. The minimum Gasteiger partial charge on any atom is -0.497 e. The van der Waals surface area contributed by atoms with Crippen LogP contribution in [0.1, 0.15) is 5.56 Å². The van der Waals surface area contributed by atoms with E-state index in [1.165, 1.54) is 37.2 Å². The summed E-state index contributed by atoms with van der Waals surface area (Å²) in [6.45, 7) is 0.500. The van der Waals surface area contributed by atoms with E-state index in [1.807, 2.05) is 0 Å². The lowest BCUT2D eigenvalue weighted by Gasteiger charge is -2.13. The van der Waals surface area contributed by atoms with Crippen LogP contribution in [0.4, 0.5) is 4.39 Å². The first kappa shape index (κ1) is 20.5. The van der Waals surface area contributed by atoms with E-state index in [0.717, 1.165) is 4.57 Å². The average Bonchev–Trinajstić information content (AvgIpc) is 3.17. The Balaban J connectivity index is 1.97. The number of ether oxygens (including phenoxy) is 2. The number of aromatic nitrogens is 4. The van der Waals surface area contributed by atoms with Gasteiger partial charge < -0.3 is 14.0 Å². The summed E-state index contributed by atoms with van der Waals surface area (Å²) in [7, 11) is 3.03. The maximum Gasteiger partial charge on any atom is 0.337 e. The molecule has 0 atom stereocenters. The predicted molar refractivity (Wildman–Crippen MR) is 114 cm³/mol. The summed E-state index contributed by atoms with van der Waals surface area (Å²) in [4.78, 5) is 30.8. The van der Waals surface area contributed by atoms with E-state index in [0.29, 0.717) is 17.0 Å². The van der Waals surface area contributed by atoms with Gasteiger partial charge in [-0.3, -0.25) is 9.36 Å². The number of hydrogen-bond acceptors (Lipinski definition) is 5. The fraction of sp³-hybridized carbons (Fsp3) is 0.227. The van der Waals surface area contributed by atoms with Crippen molar-refractivity contribution in [2.45, 2.75) is 13.1 Å². The Hall–Kier alpha value is -3.72. The van der Waals surface area contributed by atoms with Crippen LogP contribution in [0, 0.1) is 5.82 Å². The smallest absolute Gasteiger partial charge is 0.337 e. The molecule has 8 nitrogen and oxygen atoms in total. The Kier molecular flexibility index (Phi) is 5.68. The molecule has 0 spiro atoms. The minimum atomic E-state index is -0.529. The van der Waals surface area contributed by atoms with Crippen LogP contribution >= 0.6 is 0 Å². The van der Waals surface area contributed by atoms with Gasteiger partial charge in [0, 0.05) is 19.7 Å². The van der Waals surface area contributed by atoms with Crippen LogP contribution in [0.25, 0.3) is 16.9 Å². The highest BCUT2D eigenvalue weighted by atomic mass is 19.1. The number of imidazole rings is 1. The van der Waals surface area contributed by atoms with Crippen LogP contribution < -0.4 is 16.0 Å². The van der Waals surface area contributed by atoms with Crippen molar-refractivity contribution in [1.29, 1.82) is 0 Å². The van der Waals surface area contributed by atoms with Crippen molar-refractivity contribution in [3.8, 4) is 11.4 Å². The molecule has 2 heterocycles. The lowest BCUT2D eigenvalue weighted by atomic mass is 10.2.